The average molecular weight is 280 g/mol. The quantitative estimate of drug-likeness (QED) is 0.903. The topological polar surface area (TPSA) is 37.3 Å². The highest BCUT2D eigenvalue weighted by Crippen LogP contribution is 2.72. The molecule has 0 spiro atoms. The van der Waals surface area contributed by atoms with Crippen molar-refractivity contribution in [2.45, 2.75) is 32.1 Å². The van der Waals surface area contributed by atoms with E-state index in [1.54, 1.807) is 0 Å². The molecule has 0 heterocycles. The SMILES string of the molecule is CCC1(C(=O)O)C(c2ccccc2)C1c1ccccc1C. The molecule has 0 radical (unpaired) electrons. The molecule has 2 nitrogen and oxygen atoms in total. The van der Waals surface area contributed by atoms with Crippen LogP contribution < -0.4 is 0 Å². The van der Waals surface area contributed by atoms with E-state index < -0.39 is 11.4 Å². The molecular weight excluding hydrogens is 260 g/mol. The lowest BCUT2D eigenvalue weighted by atomic mass is 9.93. The maximum atomic E-state index is 12.0. The van der Waals surface area contributed by atoms with Crippen LogP contribution in [0.25, 0.3) is 0 Å². The van der Waals surface area contributed by atoms with E-state index in [0.29, 0.717) is 6.42 Å². The van der Waals surface area contributed by atoms with Gasteiger partial charge in [-0.15, -0.1) is 0 Å². The van der Waals surface area contributed by atoms with Crippen LogP contribution in [0.4, 0.5) is 0 Å². The largest absolute Gasteiger partial charge is 0.481 e. The van der Waals surface area contributed by atoms with Gasteiger partial charge in [0.05, 0.1) is 5.41 Å². The van der Waals surface area contributed by atoms with Gasteiger partial charge in [0.2, 0.25) is 0 Å². The second-order valence-corrected chi connectivity index (χ2v) is 5.92. The smallest absolute Gasteiger partial charge is 0.310 e. The summed E-state index contributed by atoms with van der Waals surface area (Å²) in [6.07, 6.45) is 0.654. The van der Waals surface area contributed by atoms with Gasteiger partial charge in [-0.05, 0) is 30.0 Å². The summed E-state index contributed by atoms with van der Waals surface area (Å²) in [5, 5.41) is 9.86. The molecule has 3 unspecified atom stereocenters. The molecule has 0 saturated heterocycles. The molecule has 21 heavy (non-hydrogen) atoms. The first kappa shape index (κ1) is 13.9. The number of aryl methyl sites for hydroxylation is 1. The van der Waals surface area contributed by atoms with Crippen LogP contribution in [0.2, 0.25) is 0 Å². The normalized spacial score (nSPS) is 27.3. The summed E-state index contributed by atoms with van der Waals surface area (Å²) < 4.78 is 0. The van der Waals surface area contributed by atoms with Crippen molar-refractivity contribution < 1.29 is 9.90 Å². The number of hydrogen-bond acceptors (Lipinski definition) is 1. The van der Waals surface area contributed by atoms with Gasteiger partial charge < -0.3 is 5.11 Å². The van der Waals surface area contributed by atoms with Crippen molar-refractivity contribution in [3.63, 3.8) is 0 Å². The Morgan fingerprint density at radius 1 is 1.05 bits per heavy atom. The Kier molecular flexibility index (Phi) is 3.32. The van der Waals surface area contributed by atoms with Crippen LogP contribution in [-0.4, -0.2) is 11.1 Å². The minimum Gasteiger partial charge on any atom is -0.481 e. The number of benzene rings is 2. The van der Waals surface area contributed by atoms with Crippen LogP contribution in [0.1, 0.15) is 41.9 Å². The first-order chi connectivity index (χ1) is 10.1. The summed E-state index contributed by atoms with van der Waals surface area (Å²) in [7, 11) is 0. The Morgan fingerprint density at radius 3 is 2.24 bits per heavy atom. The zero-order valence-corrected chi connectivity index (χ0v) is 12.4. The summed E-state index contributed by atoms with van der Waals surface area (Å²) in [5.41, 5.74) is 2.83. The number of carboxylic acids is 1. The van der Waals surface area contributed by atoms with E-state index in [2.05, 4.69) is 31.2 Å². The highest BCUT2D eigenvalue weighted by Gasteiger charge is 2.69. The molecule has 3 atom stereocenters. The van der Waals surface area contributed by atoms with Crippen LogP contribution in [0.15, 0.2) is 54.6 Å². The Bertz CT molecular complexity index is 662. The number of hydrogen-bond donors (Lipinski definition) is 1. The lowest BCUT2D eigenvalue weighted by Gasteiger charge is -2.11. The van der Waals surface area contributed by atoms with E-state index in [-0.39, 0.29) is 11.8 Å². The molecule has 0 bridgehead atoms. The lowest BCUT2D eigenvalue weighted by molar-refractivity contribution is -0.143. The van der Waals surface area contributed by atoms with E-state index in [9.17, 15) is 9.90 Å². The molecule has 1 fully saturated rings. The molecule has 108 valence electrons. The highest BCUT2D eigenvalue weighted by atomic mass is 16.4. The first-order valence-electron chi connectivity index (χ1n) is 7.46. The van der Waals surface area contributed by atoms with Crippen molar-refractivity contribution in [1.82, 2.24) is 0 Å². The van der Waals surface area contributed by atoms with Crippen LogP contribution >= 0.6 is 0 Å². The van der Waals surface area contributed by atoms with Gasteiger partial charge in [-0.25, -0.2) is 0 Å². The highest BCUT2D eigenvalue weighted by molar-refractivity contribution is 5.84. The third kappa shape index (κ3) is 1.98. The molecule has 1 aliphatic carbocycles. The van der Waals surface area contributed by atoms with Crippen LogP contribution in [0.5, 0.6) is 0 Å². The van der Waals surface area contributed by atoms with Gasteiger partial charge in [-0.3, -0.25) is 4.79 Å². The summed E-state index contributed by atoms with van der Waals surface area (Å²) in [5.74, 6) is -0.530. The molecule has 0 aliphatic heterocycles. The maximum absolute atomic E-state index is 12.0. The molecule has 2 heteroatoms. The van der Waals surface area contributed by atoms with Gasteiger partial charge in [-0.1, -0.05) is 61.5 Å². The monoisotopic (exact) mass is 280 g/mol. The molecular formula is C19H20O2. The van der Waals surface area contributed by atoms with Crippen molar-refractivity contribution in [3.8, 4) is 0 Å². The zero-order chi connectivity index (χ0) is 15.0. The molecule has 0 amide bonds. The van der Waals surface area contributed by atoms with E-state index in [1.165, 1.54) is 11.1 Å². The average Bonchev–Trinajstić information content (AvgIpc) is 3.19. The summed E-state index contributed by atoms with van der Waals surface area (Å²) in [6, 6.07) is 18.2. The molecule has 3 rings (SSSR count). The fraction of sp³-hybridized carbons (Fsp3) is 0.316. The fourth-order valence-electron chi connectivity index (χ4n) is 3.84. The van der Waals surface area contributed by atoms with Crippen molar-refractivity contribution in [3.05, 3.63) is 71.3 Å². The summed E-state index contributed by atoms with van der Waals surface area (Å²) in [6.45, 7) is 4.06. The minimum atomic E-state index is -0.674. The van der Waals surface area contributed by atoms with Gasteiger partial charge in [0.15, 0.2) is 0 Å². The van der Waals surface area contributed by atoms with Crippen LogP contribution in [0, 0.1) is 12.3 Å². The Morgan fingerprint density at radius 2 is 1.67 bits per heavy atom. The Balaban J connectivity index is 2.10. The van der Waals surface area contributed by atoms with E-state index in [0.717, 1.165) is 5.56 Å². The first-order valence-corrected chi connectivity index (χ1v) is 7.46. The molecule has 1 N–H and O–H groups in total. The van der Waals surface area contributed by atoms with Gasteiger partial charge in [0.25, 0.3) is 0 Å². The lowest BCUT2D eigenvalue weighted by Crippen LogP contribution is -2.17. The van der Waals surface area contributed by atoms with Gasteiger partial charge in [0.1, 0.15) is 0 Å². The molecule has 2 aromatic rings. The van der Waals surface area contributed by atoms with Crippen LogP contribution in [0.3, 0.4) is 0 Å². The standard InChI is InChI=1S/C19H20O2/c1-3-19(18(20)21)16(14-10-5-4-6-11-14)17(19)15-12-8-7-9-13(15)2/h4-12,16-17H,3H2,1-2H3,(H,20,21). The molecule has 1 aliphatic rings. The number of carbonyl (C=O) groups is 1. The van der Waals surface area contributed by atoms with Gasteiger partial charge in [0, 0.05) is 11.8 Å². The third-order valence-corrected chi connectivity index (χ3v) is 5.00. The second kappa shape index (κ2) is 5.03. The summed E-state index contributed by atoms with van der Waals surface area (Å²) >= 11 is 0. The van der Waals surface area contributed by atoms with Crippen molar-refractivity contribution in [2.24, 2.45) is 5.41 Å². The molecule has 0 aromatic heterocycles. The second-order valence-electron chi connectivity index (χ2n) is 5.92. The van der Waals surface area contributed by atoms with Gasteiger partial charge in [-0.2, -0.15) is 0 Å². The number of carboxylic acid groups (broad SMARTS) is 1. The predicted molar refractivity (Wildman–Crippen MR) is 83.5 cm³/mol. The predicted octanol–water partition coefficient (Wildman–Crippen LogP) is 4.36. The zero-order valence-electron chi connectivity index (χ0n) is 12.4. The van der Waals surface area contributed by atoms with E-state index in [4.69, 9.17) is 0 Å². The molecule has 2 aromatic carbocycles. The van der Waals surface area contributed by atoms with Gasteiger partial charge >= 0.3 is 5.97 Å². The Hall–Kier alpha value is -2.09. The van der Waals surface area contributed by atoms with Crippen molar-refractivity contribution in [1.29, 1.82) is 0 Å². The minimum absolute atomic E-state index is 0.0716. The number of aliphatic carboxylic acids is 1. The maximum Gasteiger partial charge on any atom is 0.310 e. The van der Waals surface area contributed by atoms with Crippen LogP contribution in [-0.2, 0) is 4.79 Å². The fourth-order valence-corrected chi connectivity index (χ4v) is 3.84. The number of rotatable bonds is 4. The molecule has 1 saturated carbocycles. The van der Waals surface area contributed by atoms with Crippen molar-refractivity contribution >= 4 is 5.97 Å². The van der Waals surface area contributed by atoms with E-state index >= 15 is 0 Å². The summed E-state index contributed by atoms with van der Waals surface area (Å²) in [4.78, 5) is 12.0. The van der Waals surface area contributed by atoms with Crippen molar-refractivity contribution in [2.75, 3.05) is 0 Å². The van der Waals surface area contributed by atoms with E-state index in [1.807, 2.05) is 37.3 Å². The Labute approximate surface area is 125 Å². The third-order valence-electron chi connectivity index (χ3n) is 5.00.